The van der Waals surface area contributed by atoms with Gasteiger partial charge in [0.2, 0.25) is 0 Å². The lowest BCUT2D eigenvalue weighted by atomic mass is 10.0. The molecule has 0 amide bonds. The topological polar surface area (TPSA) is 78.9 Å². The van der Waals surface area contributed by atoms with Crippen molar-refractivity contribution in [2.75, 3.05) is 6.61 Å². The third kappa shape index (κ3) is 25.1. The number of unbranched alkanes of at least 4 members (excludes halogenated alkanes) is 1. The normalized spacial score (nSPS) is 12.9. The van der Waals surface area contributed by atoms with Crippen LogP contribution in [0, 0.1) is 11.8 Å². The first kappa shape index (κ1) is 38.1. The second-order valence-corrected chi connectivity index (χ2v) is 9.88. The van der Waals surface area contributed by atoms with E-state index < -0.39 is 18.0 Å². The fraction of sp³-hybridized carbons (Fsp3) is 0.472. The Labute approximate surface area is 254 Å². The van der Waals surface area contributed by atoms with Gasteiger partial charge in [-0.3, -0.25) is 14.4 Å². The molecular formula is C36H50O6. The van der Waals surface area contributed by atoms with Crippen LogP contribution in [0.4, 0.5) is 0 Å². The summed E-state index contributed by atoms with van der Waals surface area (Å²) in [5.74, 6) is 4.73. The molecule has 6 heteroatoms. The maximum Gasteiger partial charge on any atom is 0.307 e. The van der Waals surface area contributed by atoms with Gasteiger partial charge in [0.15, 0.2) is 0 Å². The minimum absolute atomic E-state index is 0.0801. The zero-order valence-corrected chi connectivity index (χ0v) is 26.4. The molecule has 0 spiro atoms. The van der Waals surface area contributed by atoms with E-state index in [1.165, 1.54) is 20.1 Å². The Bertz CT molecular complexity index is 1080. The van der Waals surface area contributed by atoms with E-state index in [4.69, 9.17) is 14.2 Å². The van der Waals surface area contributed by atoms with Crippen molar-refractivity contribution >= 4 is 17.9 Å². The van der Waals surface area contributed by atoms with E-state index in [1.54, 1.807) is 0 Å². The molecule has 1 atom stereocenters. The van der Waals surface area contributed by atoms with Crippen LogP contribution in [0.15, 0.2) is 83.7 Å². The highest BCUT2D eigenvalue weighted by Crippen LogP contribution is 2.18. The van der Waals surface area contributed by atoms with Crippen molar-refractivity contribution in [2.24, 2.45) is 0 Å². The van der Waals surface area contributed by atoms with Crippen LogP contribution in [-0.4, -0.2) is 30.6 Å². The lowest BCUT2D eigenvalue weighted by Gasteiger charge is -2.19. The van der Waals surface area contributed by atoms with Gasteiger partial charge in [-0.2, -0.15) is 0 Å². The number of hydrogen-bond donors (Lipinski definition) is 0. The molecule has 0 radical (unpaired) electrons. The van der Waals surface area contributed by atoms with E-state index in [0.717, 1.165) is 43.3 Å². The van der Waals surface area contributed by atoms with Crippen LogP contribution in [0.1, 0.15) is 99.3 Å². The molecule has 6 nitrogen and oxygen atoms in total. The van der Waals surface area contributed by atoms with Crippen molar-refractivity contribution in [1.29, 1.82) is 0 Å². The van der Waals surface area contributed by atoms with Crippen LogP contribution >= 0.6 is 0 Å². The standard InChI is InChI=1S/C36H50O6/c1-7-8-9-10-11-12-13-14-15-16-17-18-19-20-24-36(39)40-28-27-34(29-41-32(5)37)35(42-33(6)38)26-25-31(4)23-21-22-30(2)3/h8-9,11-12,14-15,17-18,22,25,29,35H,7,10,13,16,19-20,24,26-28H2,1-6H3/b9-8+,12-11+,15-14+,18-17+,31-25+,34-29-. The van der Waals surface area contributed by atoms with Crippen LogP contribution in [0.2, 0.25) is 0 Å². The Kier molecular flexibility index (Phi) is 23.7. The average molecular weight is 579 g/mol. The second-order valence-electron chi connectivity index (χ2n) is 9.88. The minimum Gasteiger partial charge on any atom is -0.465 e. The van der Waals surface area contributed by atoms with Crippen molar-refractivity contribution in [1.82, 2.24) is 0 Å². The van der Waals surface area contributed by atoms with Gasteiger partial charge in [0.1, 0.15) is 6.10 Å². The quantitative estimate of drug-likeness (QED) is 0.0381. The number of esters is 3. The lowest BCUT2D eigenvalue weighted by molar-refractivity contribution is -0.146. The molecule has 0 aromatic carbocycles. The Hall–Kier alpha value is -3.85. The smallest absolute Gasteiger partial charge is 0.307 e. The van der Waals surface area contributed by atoms with E-state index in [9.17, 15) is 14.4 Å². The number of carbonyl (C=O) groups excluding carboxylic acids is 3. The van der Waals surface area contributed by atoms with Gasteiger partial charge in [-0.05, 0) is 70.9 Å². The number of ether oxygens (including phenoxy) is 3. The largest absolute Gasteiger partial charge is 0.465 e. The summed E-state index contributed by atoms with van der Waals surface area (Å²) in [6, 6.07) is 0. The molecule has 0 saturated heterocycles. The molecule has 1 unspecified atom stereocenters. The summed E-state index contributed by atoms with van der Waals surface area (Å²) in [6.07, 6.45) is 27.7. The van der Waals surface area contributed by atoms with Gasteiger partial charge in [-0.1, -0.05) is 79.0 Å². The van der Waals surface area contributed by atoms with Crippen molar-refractivity contribution in [3.8, 4) is 11.8 Å². The zero-order chi connectivity index (χ0) is 31.4. The predicted molar refractivity (Wildman–Crippen MR) is 171 cm³/mol. The number of carbonyl (C=O) groups is 3. The first-order valence-electron chi connectivity index (χ1n) is 14.8. The van der Waals surface area contributed by atoms with E-state index in [0.29, 0.717) is 24.8 Å². The highest BCUT2D eigenvalue weighted by Gasteiger charge is 2.18. The molecule has 230 valence electrons. The maximum atomic E-state index is 12.2. The molecule has 0 heterocycles. The maximum absolute atomic E-state index is 12.2. The summed E-state index contributed by atoms with van der Waals surface area (Å²) in [5, 5.41) is 0. The Morgan fingerprint density at radius 2 is 1.40 bits per heavy atom. The molecule has 0 aromatic rings. The van der Waals surface area contributed by atoms with Crippen LogP contribution in [-0.2, 0) is 28.6 Å². The highest BCUT2D eigenvalue weighted by atomic mass is 16.6. The van der Waals surface area contributed by atoms with Crippen molar-refractivity contribution in [3.63, 3.8) is 0 Å². The number of allylic oxidation sites excluding steroid dienone is 11. The fourth-order valence-corrected chi connectivity index (χ4v) is 3.38. The predicted octanol–water partition coefficient (Wildman–Crippen LogP) is 8.58. The monoisotopic (exact) mass is 578 g/mol. The van der Waals surface area contributed by atoms with E-state index in [-0.39, 0.29) is 19.0 Å². The van der Waals surface area contributed by atoms with Crippen LogP contribution < -0.4 is 0 Å². The molecule has 0 saturated carbocycles. The van der Waals surface area contributed by atoms with Gasteiger partial charge in [0.05, 0.1) is 12.9 Å². The molecule has 0 fully saturated rings. The molecule has 0 N–H and O–H groups in total. The third-order valence-corrected chi connectivity index (χ3v) is 5.49. The van der Waals surface area contributed by atoms with Gasteiger partial charge >= 0.3 is 17.9 Å². The summed E-state index contributed by atoms with van der Waals surface area (Å²) in [7, 11) is 0. The first-order chi connectivity index (χ1) is 20.1. The molecule has 42 heavy (non-hydrogen) atoms. The zero-order valence-electron chi connectivity index (χ0n) is 26.4. The lowest BCUT2D eigenvalue weighted by Crippen LogP contribution is -2.20. The molecule has 0 aliphatic heterocycles. The summed E-state index contributed by atoms with van der Waals surface area (Å²) >= 11 is 0. The summed E-state index contributed by atoms with van der Waals surface area (Å²) in [4.78, 5) is 35.4. The van der Waals surface area contributed by atoms with Crippen LogP contribution in [0.5, 0.6) is 0 Å². The molecule has 0 bridgehead atoms. The summed E-state index contributed by atoms with van der Waals surface area (Å²) in [5.41, 5.74) is 2.45. The fourth-order valence-electron chi connectivity index (χ4n) is 3.38. The molecule has 0 aliphatic rings. The van der Waals surface area contributed by atoms with Crippen LogP contribution in [0.3, 0.4) is 0 Å². The average Bonchev–Trinajstić information content (AvgIpc) is 2.92. The van der Waals surface area contributed by atoms with E-state index in [2.05, 4.69) is 67.4 Å². The van der Waals surface area contributed by atoms with Gasteiger partial charge in [0, 0.05) is 38.7 Å². The van der Waals surface area contributed by atoms with E-state index in [1.807, 2.05) is 32.9 Å². The van der Waals surface area contributed by atoms with Crippen molar-refractivity contribution in [3.05, 3.63) is 83.7 Å². The SMILES string of the molecule is CC/C=C/C/C=C/C/C=C/C/C=C/CCCC(=O)OCC/C(=C/OC(C)=O)C(C/C=C(\C)C#CC=C(C)C)OC(C)=O. The number of hydrogen-bond acceptors (Lipinski definition) is 6. The van der Waals surface area contributed by atoms with Gasteiger partial charge in [-0.25, -0.2) is 0 Å². The highest BCUT2D eigenvalue weighted by molar-refractivity contribution is 5.69. The Morgan fingerprint density at radius 1 is 0.786 bits per heavy atom. The van der Waals surface area contributed by atoms with Crippen LogP contribution in [0.25, 0.3) is 0 Å². The summed E-state index contributed by atoms with van der Waals surface area (Å²) in [6.45, 7) is 10.6. The minimum atomic E-state index is -0.682. The molecule has 0 aromatic heterocycles. The number of rotatable bonds is 19. The third-order valence-electron chi connectivity index (χ3n) is 5.49. The molecule has 0 aliphatic carbocycles. The second kappa shape index (κ2) is 26.1. The Morgan fingerprint density at radius 3 is 1.98 bits per heavy atom. The first-order valence-corrected chi connectivity index (χ1v) is 14.8. The summed E-state index contributed by atoms with van der Waals surface area (Å²) < 4.78 is 16.0. The van der Waals surface area contributed by atoms with Crippen molar-refractivity contribution in [2.45, 2.75) is 105 Å². The van der Waals surface area contributed by atoms with Crippen molar-refractivity contribution < 1.29 is 28.6 Å². The molecular weight excluding hydrogens is 528 g/mol. The van der Waals surface area contributed by atoms with Gasteiger partial charge in [0.25, 0.3) is 0 Å². The van der Waals surface area contributed by atoms with Gasteiger partial charge in [-0.15, -0.1) is 0 Å². The van der Waals surface area contributed by atoms with E-state index >= 15 is 0 Å². The Balaban J connectivity index is 4.72. The van der Waals surface area contributed by atoms with Gasteiger partial charge < -0.3 is 14.2 Å². The molecule has 0 rings (SSSR count).